The molecule has 1 rings (SSSR count). The Morgan fingerprint density at radius 1 is 1.32 bits per heavy atom. The number of carboxylic acid groups (broad SMARTS) is 1. The number of amides is 1. The first-order valence-electron chi connectivity index (χ1n) is 5.63. The van der Waals surface area contributed by atoms with Gasteiger partial charge in [0.25, 0.3) is 0 Å². The molecule has 0 saturated heterocycles. The van der Waals surface area contributed by atoms with E-state index in [2.05, 4.69) is 5.32 Å². The lowest BCUT2D eigenvalue weighted by Gasteiger charge is -2.20. The zero-order valence-corrected chi connectivity index (χ0v) is 12.0. The lowest BCUT2D eigenvalue weighted by atomic mass is 10.1. The largest absolute Gasteiger partial charge is 0.478 e. The van der Waals surface area contributed by atoms with Gasteiger partial charge in [-0.2, -0.15) is 0 Å². The van der Waals surface area contributed by atoms with Crippen molar-refractivity contribution in [1.82, 2.24) is 0 Å². The van der Waals surface area contributed by atoms with Crippen LogP contribution in [0.1, 0.15) is 36.7 Å². The van der Waals surface area contributed by atoms with Gasteiger partial charge in [0, 0.05) is 0 Å². The second kappa shape index (κ2) is 5.48. The molecule has 1 aromatic rings. The monoisotopic (exact) mass is 285 g/mol. The first-order valence-corrected chi connectivity index (χ1v) is 6.01. The number of carbonyl (C=O) groups is 2. The Morgan fingerprint density at radius 2 is 1.89 bits per heavy atom. The summed E-state index contributed by atoms with van der Waals surface area (Å²) < 4.78 is 5.10. The minimum Gasteiger partial charge on any atom is -0.478 e. The molecular formula is C13H16ClNO4. The summed E-state index contributed by atoms with van der Waals surface area (Å²) in [6.07, 6.45) is -0.638. The fourth-order valence-electron chi connectivity index (χ4n) is 1.43. The van der Waals surface area contributed by atoms with E-state index >= 15 is 0 Å². The van der Waals surface area contributed by atoms with Gasteiger partial charge in [-0.25, -0.2) is 9.59 Å². The molecule has 0 spiro atoms. The number of rotatable bonds is 2. The molecule has 0 aliphatic heterocycles. The normalized spacial score (nSPS) is 11.0. The minimum absolute atomic E-state index is 0.0669. The Labute approximate surface area is 116 Å². The van der Waals surface area contributed by atoms with Crippen molar-refractivity contribution < 1.29 is 19.4 Å². The van der Waals surface area contributed by atoms with Crippen molar-refractivity contribution in [2.75, 3.05) is 5.32 Å². The molecule has 19 heavy (non-hydrogen) atoms. The van der Waals surface area contributed by atoms with Crippen LogP contribution in [0, 0.1) is 6.92 Å². The van der Waals surface area contributed by atoms with Crippen LogP contribution in [0.5, 0.6) is 0 Å². The molecular weight excluding hydrogens is 270 g/mol. The van der Waals surface area contributed by atoms with Gasteiger partial charge < -0.3 is 9.84 Å². The van der Waals surface area contributed by atoms with Crippen LogP contribution < -0.4 is 5.32 Å². The van der Waals surface area contributed by atoms with Crippen molar-refractivity contribution in [3.63, 3.8) is 0 Å². The number of halogens is 1. The molecule has 0 bridgehead atoms. The number of nitrogens with one attached hydrogen (secondary N) is 1. The molecule has 0 saturated carbocycles. The average molecular weight is 286 g/mol. The highest BCUT2D eigenvalue weighted by molar-refractivity contribution is 6.34. The number of ether oxygens (including phenoxy) is 1. The highest BCUT2D eigenvalue weighted by Crippen LogP contribution is 2.28. The van der Waals surface area contributed by atoms with E-state index in [1.807, 2.05) is 0 Å². The van der Waals surface area contributed by atoms with Gasteiger partial charge in [0.2, 0.25) is 0 Å². The number of hydrogen-bond donors (Lipinski definition) is 2. The molecule has 0 aromatic heterocycles. The van der Waals surface area contributed by atoms with Crippen LogP contribution in [-0.4, -0.2) is 22.8 Å². The molecule has 0 heterocycles. The van der Waals surface area contributed by atoms with E-state index in [9.17, 15) is 9.59 Å². The second-order valence-corrected chi connectivity index (χ2v) is 5.49. The maximum Gasteiger partial charge on any atom is 0.412 e. The van der Waals surface area contributed by atoms with Crippen molar-refractivity contribution in [3.8, 4) is 0 Å². The Balaban J connectivity index is 2.97. The summed E-state index contributed by atoms with van der Waals surface area (Å²) in [7, 11) is 0. The Kier molecular flexibility index (Phi) is 4.42. The summed E-state index contributed by atoms with van der Waals surface area (Å²) in [5.41, 5.74) is 0.347. The smallest absolute Gasteiger partial charge is 0.412 e. The lowest BCUT2D eigenvalue weighted by Crippen LogP contribution is -2.27. The van der Waals surface area contributed by atoms with Crippen LogP contribution in [0.15, 0.2) is 12.1 Å². The van der Waals surface area contributed by atoms with Crippen molar-refractivity contribution in [3.05, 3.63) is 28.3 Å². The number of carboxylic acids is 1. The Morgan fingerprint density at radius 3 is 2.32 bits per heavy atom. The molecule has 0 radical (unpaired) electrons. The second-order valence-electron chi connectivity index (χ2n) is 5.08. The molecule has 5 nitrogen and oxygen atoms in total. The third kappa shape index (κ3) is 4.44. The van der Waals surface area contributed by atoms with Gasteiger partial charge >= 0.3 is 12.1 Å². The molecule has 0 aliphatic carbocycles. The molecule has 0 aliphatic rings. The lowest BCUT2D eigenvalue weighted by molar-refractivity contribution is 0.0634. The Hall–Kier alpha value is -1.75. The maximum atomic E-state index is 11.6. The molecule has 6 heteroatoms. The highest BCUT2D eigenvalue weighted by atomic mass is 35.5. The SMILES string of the molecule is Cc1cc(C(=O)O)cc(Cl)c1NC(=O)OC(C)(C)C. The van der Waals surface area contributed by atoms with E-state index in [1.165, 1.54) is 12.1 Å². The fraction of sp³-hybridized carbons (Fsp3) is 0.385. The van der Waals surface area contributed by atoms with Gasteiger partial charge in [0.05, 0.1) is 16.3 Å². The van der Waals surface area contributed by atoms with E-state index in [0.29, 0.717) is 11.3 Å². The van der Waals surface area contributed by atoms with Crippen molar-refractivity contribution in [2.24, 2.45) is 0 Å². The molecule has 104 valence electrons. The third-order valence-corrected chi connectivity index (χ3v) is 2.46. The first-order chi connectivity index (χ1) is 8.60. The van der Waals surface area contributed by atoms with Crippen molar-refractivity contribution in [1.29, 1.82) is 0 Å². The molecule has 1 aromatic carbocycles. The maximum absolute atomic E-state index is 11.6. The molecule has 0 fully saturated rings. The van der Waals surface area contributed by atoms with E-state index < -0.39 is 17.7 Å². The summed E-state index contributed by atoms with van der Waals surface area (Å²) in [6.45, 7) is 6.89. The summed E-state index contributed by atoms with van der Waals surface area (Å²) >= 11 is 5.96. The van der Waals surface area contributed by atoms with Gasteiger partial charge in [0.1, 0.15) is 5.60 Å². The van der Waals surface area contributed by atoms with Crippen LogP contribution in [0.3, 0.4) is 0 Å². The first kappa shape index (κ1) is 15.3. The molecule has 0 unspecified atom stereocenters. The Bertz CT molecular complexity index is 497. The van der Waals surface area contributed by atoms with Gasteiger partial charge in [-0.05, 0) is 45.4 Å². The van der Waals surface area contributed by atoms with Crippen LogP contribution in [-0.2, 0) is 4.74 Å². The minimum atomic E-state index is -1.08. The highest BCUT2D eigenvalue weighted by Gasteiger charge is 2.18. The average Bonchev–Trinajstić information content (AvgIpc) is 2.20. The van der Waals surface area contributed by atoms with Crippen LogP contribution in [0.25, 0.3) is 0 Å². The van der Waals surface area contributed by atoms with E-state index in [-0.39, 0.29) is 10.6 Å². The van der Waals surface area contributed by atoms with Gasteiger partial charge in [0.15, 0.2) is 0 Å². The number of benzene rings is 1. The van der Waals surface area contributed by atoms with Crippen molar-refractivity contribution in [2.45, 2.75) is 33.3 Å². The quantitative estimate of drug-likeness (QED) is 0.869. The van der Waals surface area contributed by atoms with Gasteiger partial charge in [-0.1, -0.05) is 11.6 Å². The van der Waals surface area contributed by atoms with Crippen LogP contribution >= 0.6 is 11.6 Å². The molecule has 2 N–H and O–H groups in total. The number of hydrogen-bond acceptors (Lipinski definition) is 3. The predicted octanol–water partition coefficient (Wildman–Crippen LogP) is 3.69. The number of aryl methyl sites for hydroxylation is 1. The van der Waals surface area contributed by atoms with Crippen molar-refractivity contribution >= 4 is 29.4 Å². The molecule has 1 amide bonds. The zero-order chi connectivity index (χ0) is 14.8. The summed E-state index contributed by atoms with van der Waals surface area (Å²) in [5, 5.41) is 11.6. The number of anilines is 1. The van der Waals surface area contributed by atoms with E-state index in [0.717, 1.165) is 0 Å². The van der Waals surface area contributed by atoms with Crippen LogP contribution in [0.4, 0.5) is 10.5 Å². The van der Waals surface area contributed by atoms with Gasteiger partial charge in [-0.15, -0.1) is 0 Å². The summed E-state index contributed by atoms with van der Waals surface area (Å²) in [4.78, 5) is 22.5. The zero-order valence-electron chi connectivity index (χ0n) is 11.2. The van der Waals surface area contributed by atoms with Crippen LogP contribution in [0.2, 0.25) is 5.02 Å². The summed E-state index contributed by atoms with van der Waals surface area (Å²) in [6, 6.07) is 2.71. The molecule has 0 atom stereocenters. The fourth-order valence-corrected chi connectivity index (χ4v) is 1.75. The standard InChI is InChI=1S/C13H16ClNO4/c1-7-5-8(11(16)17)6-9(14)10(7)15-12(18)19-13(2,3)4/h5-6H,1-4H3,(H,15,18)(H,16,17). The van der Waals surface area contributed by atoms with Gasteiger partial charge in [-0.3, -0.25) is 5.32 Å². The number of carbonyl (C=O) groups excluding carboxylic acids is 1. The number of aromatic carboxylic acids is 1. The van der Waals surface area contributed by atoms with E-state index in [1.54, 1.807) is 27.7 Å². The topological polar surface area (TPSA) is 75.6 Å². The predicted molar refractivity (Wildman–Crippen MR) is 73.0 cm³/mol. The summed E-state index contributed by atoms with van der Waals surface area (Å²) in [5.74, 6) is -1.08. The third-order valence-electron chi connectivity index (χ3n) is 2.16. The van der Waals surface area contributed by atoms with E-state index in [4.69, 9.17) is 21.4 Å².